The Bertz CT molecular complexity index is 1110. The third-order valence-corrected chi connectivity index (χ3v) is 6.26. The molecule has 0 atom stereocenters. The number of nitrogens with zero attached hydrogens (tertiary/aromatic N) is 4. The Morgan fingerprint density at radius 3 is 2.73 bits per heavy atom. The van der Waals surface area contributed by atoms with Crippen molar-refractivity contribution in [3.8, 4) is 11.3 Å². The van der Waals surface area contributed by atoms with Crippen molar-refractivity contribution in [1.82, 2.24) is 19.1 Å². The van der Waals surface area contributed by atoms with Crippen LogP contribution in [0.25, 0.3) is 22.3 Å². The quantitative estimate of drug-likeness (QED) is 0.510. The number of hydrogen-bond donors (Lipinski definition) is 0. The molecule has 1 fully saturated rings. The molecular weight excluding hydrogens is 340 g/mol. The van der Waals surface area contributed by atoms with Crippen LogP contribution < -0.4 is 0 Å². The van der Waals surface area contributed by atoms with Crippen molar-refractivity contribution in [3.63, 3.8) is 0 Å². The lowest BCUT2D eigenvalue weighted by molar-refractivity contribution is 0.700. The molecule has 132 valence electrons. The fraction of sp³-hybridized carbons (Fsp3) is 0.333. The van der Waals surface area contributed by atoms with E-state index in [9.17, 15) is 0 Å². The summed E-state index contributed by atoms with van der Waals surface area (Å²) >= 11 is 1.73. The van der Waals surface area contributed by atoms with Gasteiger partial charge in [-0.25, -0.2) is 9.97 Å². The highest BCUT2D eigenvalue weighted by molar-refractivity contribution is 7.10. The molecule has 1 aliphatic carbocycles. The molecule has 5 rings (SSSR count). The molecule has 26 heavy (non-hydrogen) atoms. The number of aryl methyl sites for hydroxylation is 2. The Kier molecular flexibility index (Phi) is 3.54. The number of imidazole rings is 1. The highest BCUT2D eigenvalue weighted by Crippen LogP contribution is 2.40. The molecule has 1 aliphatic rings. The second-order valence-electron chi connectivity index (χ2n) is 7.27. The number of fused-ring (bicyclic) bond motifs is 1. The maximum atomic E-state index is 4.93. The van der Waals surface area contributed by atoms with E-state index < -0.39 is 0 Å². The molecular formula is C21H22N4S. The molecule has 0 aliphatic heterocycles. The average Bonchev–Trinajstić information content (AvgIpc) is 3.16. The summed E-state index contributed by atoms with van der Waals surface area (Å²) in [4.78, 5) is 9.72. The van der Waals surface area contributed by atoms with Crippen molar-refractivity contribution >= 4 is 22.4 Å². The van der Waals surface area contributed by atoms with Crippen molar-refractivity contribution in [2.75, 3.05) is 0 Å². The second-order valence-corrected chi connectivity index (χ2v) is 8.21. The fourth-order valence-electron chi connectivity index (χ4n) is 3.94. The minimum absolute atomic E-state index is 0.710. The largest absolute Gasteiger partial charge is 0.345 e. The van der Waals surface area contributed by atoms with E-state index in [0.29, 0.717) is 6.04 Å². The number of rotatable bonds is 4. The molecule has 0 amide bonds. The van der Waals surface area contributed by atoms with Gasteiger partial charge in [-0.05, 0) is 44.9 Å². The maximum Gasteiger partial charge on any atom is 0.116 e. The van der Waals surface area contributed by atoms with Gasteiger partial charge in [0.2, 0.25) is 0 Å². The predicted octanol–water partition coefficient (Wildman–Crippen LogP) is 5.04. The normalized spacial score (nSPS) is 14.4. The smallest absolute Gasteiger partial charge is 0.116 e. The average molecular weight is 363 g/mol. The van der Waals surface area contributed by atoms with Crippen LogP contribution in [0.2, 0.25) is 0 Å². The molecule has 1 saturated carbocycles. The van der Waals surface area contributed by atoms with Gasteiger partial charge in [-0.3, -0.25) is 0 Å². The van der Waals surface area contributed by atoms with Crippen LogP contribution in [-0.4, -0.2) is 19.1 Å². The number of hydrogen-bond acceptors (Lipinski definition) is 3. The number of para-hydroxylation sites is 2. The van der Waals surface area contributed by atoms with Gasteiger partial charge in [-0.2, -0.15) is 0 Å². The Hall–Kier alpha value is -2.40. The number of benzene rings is 1. The summed E-state index contributed by atoms with van der Waals surface area (Å²) in [6.45, 7) is 4.44. The van der Waals surface area contributed by atoms with Crippen LogP contribution in [0.15, 0.2) is 35.7 Å². The summed E-state index contributed by atoms with van der Waals surface area (Å²) in [5, 5.41) is 3.31. The van der Waals surface area contributed by atoms with Gasteiger partial charge >= 0.3 is 0 Å². The van der Waals surface area contributed by atoms with Crippen molar-refractivity contribution in [3.05, 3.63) is 57.9 Å². The zero-order chi connectivity index (χ0) is 17.8. The first-order valence-electron chi connectivity index (χ1n) is 9.15. The van der Waals surface area contributed by atoms with E-state index >= 15 is 0 Å². The highest BCUT2D eigenvalue weighted by Gasteiger charge is 2.27. The van der Waals surface area contributed by atoms with E-state index in [0.717, 1.165) is 28.5 Å². The number of aromatic nitrogens is 4. The first-order valence-corrected chi connectivity index (χ1v) is 10.0. The third-order valence-electron chi connectivity index (χ3n) is 5.41. The van der Waals surface area contributed by atoms with Gasteiger partial charge in [0.25, 0.3) is 0 Å². The Balaban J connectivity index is 1.47. The predicted molar refractivity (Wildman–Crippen MR) is 107 cm³/mol. The summed E-state index contributed by atoms with van der Waals surface area (Å²) in [6, 6.07) is 11.3. The maximum absolute atomic E-state index is 4.93. The highest BCUT2D eigenvalue weighted by atomic mass is 32.1. The molecule has 0 bridgehead atoms. The zero-order valence-corrected chi connectivity index (χ0v) is 16.2. The van der Waals surface area contributed by atoms with Crippen LogP contribution in [0.4, 0.5) is 0 Å². The van der Waals surface area contributed by atoms with Gasteiger partial charge < -0.3 is 9.13 Å². The minimum atomic E-state index is 0.710. The van der Waals surface area contributed by atoms with E-state index in [1.54, 1.807) is 11.3 Å². The molecule has 4 nitrogen and oxygen atoms in total. The summed E-state index contributed by atoms with van der Waals surface area (Å²) in [5.41, 5.74) is 7.31. The Morgan fingerprint density at radius 1 is 1.15 bits per heavy atom. The number of thiazole rings is 1. The summed E-state index contributed by atoms with van der Waals surface area (Å²) in [5.74, 6) is 1.07. The molecule has 4 aromatic rings. The monoisotopic (exact) mass is 362 g/mol. The minimum Gasteiger partial charge on any atom is -0.345 e. The third kappa shape index (κ3) is 2.50. The standard InChI is InChI=1S/C21H22N4S/c1-13-10-16(14(2)25(13)15-8-9-15)18-12-26-21(23-18)11-20-22-17-6-4-5-7-19(17)24(20)3/h4-7,10,12,15H,8-9,11H2,1-3H3. The van der Waals surface area contributed by atoms with E-state index in [1.807, 2.05) is 6.07 Å². The van der Waals surface area contributed by atoms with Crippen LogP contribution in [0.1, 0.15) is 41.1 Å². The van der Waals surface area contributed by atoms with E-state index in [4.69, 9.17) is 9.97 Å². The Morgan fingerprint density at radius 2 is 1.96 bits per heavy atom. The van der Waals surface area contributed by atoms with Crippen molar-refractivity contribution in [1.29, 1.82) is 0 Å². The molecule has 1 aromatic carbocycles. The lowest BCUT2D eigenvalue weighted by Gasteiger charge is -2.06. The summed E-state index contributed by atoms with van der Waals surface area (Å²) in [7, 11) is 2.09. The molecule has 3 heterocycles. The van der Waals surface area contributed by atoms with Crippen LogP contribution in [0, 0.1) is 13.8 Å². The van der Waals surface area contributed by atoms with Crippen molar-refractivity contribution < 1.29 is 0 Å². The second kappa shape index (κ2) is 5.81. The molecule has 5 heteroatoms. The van der Waals surface area contributed by atoms with Crippen molar-refractivity contribution in [2.45, 2.75) is 39.2 Å². The van der Waals surface area contributed by atoms with E-state index in [-0.39, 0.29) is 0 Å². The lowest BCUT2D eigenvalue weighted by atomic mass is 10.2. The first-order chi connectivity index (χ1) is 12.6. The first kappa shape index (κ1) is 15.8. The van der Waals surface area contributed by atoms with E-state index in [1.165, 1.54) is 35.3 Å². The van der Waals surface area contributed by atoms with Crippen molar-refractivity contribution in [2.24, 2.45) is 7.05 Å². The van der Waals surface area contributed by atoms with Gasteiger partial charge in [0.15, 0.2) is 0 Å². The molecule has 0 spiro atoms. The summed E-state index contributed by atoms with van der Waals surface area (Å²) < 4.78 is 4.66. The van der Waals surface area contributed by atoms with Crippen LogP contribution in [-0.2, 0) is 13.5 Å². The summed E-state index contributed by atoms with van der Waals surface area (Å²) in [6.07, 6.45) is 3.40. The van der Waals surface area contributed by atoms with Crippen LogP contribution in [0.5, 0.6) is 0 Å². The van der Waals surface area contributed by atoms with E-state index in [2.05, 4.69) is 59.7 Å². The fourth-order valence-corrected chi connectivity index (χ4v) is 4.73. The molecule has 0 saturated heterocycles. The van der Waals surface area contributed by atoms with Gasteiger partial charge in [0, 0.05) is 35.4 Å². The molecule has 0 N–H and O–H groups in total. The van der Waals surface area contributed by atoms with Gasteiger partial charge in [-0.15, -0.1) is 11.3 Å². The van der Waals surface area contributed by atoms with Gasteiger partial charge in [-0.1, -0.05) is 12.1 Å². The molecule has 0 unspecified atom stereocenters. The lowest BCUT2D eigenvalue weighted by Crippen LogP contribution is -1.99. The van der Waals surface area contributed by atoms with Crippen LogP contribution in [0.3, 0.4) is 0 Å². The Labute approximate surface area is 157 Å². The SMILES string of the molecule is Cc1cc(-c2csc(Cc3nc4ccccc4n3C)n2)c(C)n1C1CC1. The molecule has 0 radical (unpaired) electrons. The molecule has 3 aromatic heterocycles. The van der Waals surface area contributed by atoms with Gasteiger partial charge in [0.1, 0.15) is 10.8 Å². The topological polar surface area (TPSA) is 35.6 Å². The zero-order valence-electron chi connectivity index (χ0n) is 15.4. The van der Waals surface area contributed by atoms with Gasteiger partial charge in [0.05, 0.1) is 23.1 Å². The van der Waals surface area contributed by atoms with Crippen LogP contribution >= 0.6 is 11.3 Å².